The molecule has 8 nitrogen and oxygen atoms in total. The number of fused-ring (bicyclic) bond motifs is 1. The number of β-amino-alcohol motifs (C(OH)–C–C–N with tert-alkyl or cyclic N) is 1. The Morgan fingerprint density at radius 1 is 1.32 bits per heavy atom. The van der Waals surface area contributed by atoms with Gasteiger partial charge in [0.1, 0.15) is 23.1 Å². The number of nitrogens with zero attached hydrogens (tertiary/aromatic N) is 5. The molecule has 0 unspecified atom stereocenters. The molecule has 5 rings (SSSR count). The Bertz CT molecular complexity index is 1270. The first-order valence-electron chi connectivity index (χ1n) is 11.4. The van der Waals surface area contributed by atoms with E-state index in [-0.39, 0.29) is 42.1 Å². The largest absolute Gasteiger partial charge is 0.391 e. The van der Waals surface area contributed by atoms with E-state index >= 15 is 0 Å². The summed E-state index contributed by atoms with van der Waals surface area (Å²) in [5.74, 6) is -1.53. The van der Waals surface area contributed by atoms with Crippen molar-refractivity contribution in [2.24, 2.45) is 0 Å². The zero-order valence-corrected chi connectivity index (χ0v) is 16.4. The monoisotopic (exact) mass is 431 g/mol. The predicted octanol–water partition coefficient (Wildman–Crippen LogP) is 2.95. The van der Waals surface area contributed by atoms with Gasteiger partial charge in [-0.2, -0.15) is 5.10 Å². The molecule has 4 heterocycles. The zero-order chi connectivity index (χ0) is 24.3. The lowest BCUT2D eigenvalue weighted by atomic mass is 10.0. The molecule has 1 aromatic carbocycles. The normalized spacial score (nSPS) is 26.7. The quantitative estimate of drug-likeness (QED) is 0.666. The van der Waals surface area contributed by atoms with E-state index in [0.29, 0.717) is 13.0 Å². The second-order valence-corrected chi connectivity index (χ2v) is 7.50. The van der Waals surface area contributed by atoms with Gasteiger partial charge in [-0.05, 0) is 43.5 Å². The minimum atomic E-state index is -2.07. The van der Waals surface area contributed by atoms with Crippen LogP contribution in [0.2, 0.25) is 0 Å². The van der Waals surface area contributed by atoms with E-state index in [9.17, 15) is 18.7 Å². The molecule has 2 amide bonds. The van der Waals surface area contributed by atoms with Gasteiger partial charge in [-0.15, -0.1) is 0 Å². The number of halogens is 2. The number of rotatable bonds is 3. The number of anilines is 2. The number of hydrogen-bond donors (Lipinski definition) is 2. The number of aromatic nitrogens is 3. The highest BCUT2D eigenvalue weighted by Gasteiger charge is 2.30. The Morgan fingerprint density at radius 3 is 3.00 bits per heavy atom. The lowest BCUT2D eigenvalue weighted by Gasteiger charge is -2.26. The van der Waals surface area contributed by atoms with Gasteiger partial charge in [0, 0.05) is 34.1 Å². The molecule has 2 aliphatic rings. The Balaban J connectivity index is 1.54. The van der Waals surface area contributed by atoms with Gasteiger partial charge in [-0.1, -0.05) is 0 Å². The lowest BCUT2D eigenvalue weighted by molar-refractivity contribution is 0.176. The first-order chi connectivity index (χ1) is 16.1. The Hall–Kier alpha value is -3.27. The van der Waals surface area contributed by atoms with Gasteiger partial charge in [0.2, 0.25) is 0 Å². The average molecular weight is 431 g/mol. The van der Waals surface area contributed by atoms with Crippen LogP contribution in [0.15, 0.2) is 36.7 Å². The van der Waals surface area contributed by atoms with Crippen LogP contribution < -0.4 is 10.2 Å². The first-order valence-corrected chi connectivity index (χ1v) is 9.93. The van der Waals surface area contributed by atoms with E-state index in [1.165, 1.54) is 27.9 Å². The van der Waals surface area contributed by atoms with Gasteiger partial charge >= 0.3 is 6.03 Å². The Labute approximate surface area is 181 Å². The molecule has 3 aromatic rings. The number of carbonyl (C=O) groups is 1. The van der Waals surface area contributed by atoms with Crippen LogP contribution >= 0.6 is 0 Å². The van der Waals surface area contributed by atoms with Crippen molar-refractivity contribution in [3.63, 3.8) is 0 Å². The molecule has 2 aromatic heterocycles. The summed E-state index contributed by atoms with van der Waals surface area (Å²) in [6.07, 6.45) is 2.59. The van der Waals surface area contributed by atoms with Crippen LogP contribution in [0.1, 0.15) is 35.0 Å². The third kappa shape index (κ3) is 3.67. The van der Waals surface area contributed by atoms with E-state index in [1.807, 2.05) is 0 Å². The molecule has 0 radical (unpaired) electrons. The molecule has 31 heavy (non-hydrogen) atoms. The number of carbonyl (C=O) groups excluding carboxylic acids is 1. The van der Waals surface area contributed by atoms with Crippen LogP contribution in [0.4, 0.5) is 25.1 Å². The number of aliphatic hydroxyl groups excluding tert-OH is 1. The zero-order valence-electron chi connectivity index (χ0n) is 19.4. The van der Waals surface area contributed by atoms with Crippen LogP contribution in [0.3, 0.4) is 0 Å². The molecule has 2 atom stereocenters. The summed E-state index contributed by atoms with van der Waals surface area (Å²) in [5, 5.41) is 16.5. The summed E-state index contributed by atoms with van der Waals surface area (Å²) in [7, 11) is 0. The van der Waals surface area contributed by atoms with E-state index < -0.39 is 36.3 Å². The molecule has 0 saturated carbocycles. The van der Waals surface area contributed by atoms with Gasteiger partial charge in [0.25, 0.3) is 0 Å². The molecule has 162 valence electrons. The summed E-state index contributed by atoms with van der Waals surface area (Å²) in [5.41, 5.74) is 0.154. The summed E-state index contributed by atoms with van der Waals surface area (Å²) in [4.78, 5) is 19.5. The summed E-state index contributed by atoms with van der Waals surface area (Å²) >= 11 is 0. The molecular formula is C21H22F2N6O2. The van der Waals surface area contributed by atoms with Crippen LogP contribution in [0.25, 0.3) is 5.65 Å². The molecule has 0 aliphatic carbocycles. The molecule has 2 N–H and O–H groups in total. The Morgan fingerprint density at radius 2 is 2.19 bits per heavy atom. The minimum absolute atomic E-state index is 0.0151. The predicted molar refractivity (Wildman–Crippen MR) is 110 cm³/mol. The highest BCUT2D eigenvalue weighted by molar-refractivity contribution is 5.93. The van der Waals surface area contributed by atoms with Crippen LogP contribution in [0.5, 0.6) is 0 Å². The van der Waals surface area contributed by atoms with Gasteiger partial charge in [-0.25, -0.2) is 23.1 Å². The van der Waals surface area contributed by atoms with Gasteiger partial charge in [0.15, 0.2) is 5.65 Å². The van der Waals surface area contributed by atoms with Crippen molar-refractivity contribution in [3.05, 3.63) is 53.9 Å². The van der Waals surface area contributed by atoms with E-state index in [2.05, 4.69) is 15.4 Å². The fourth-order valence-electron chi connectivity index (χ4n) is 3.88. The SMILES string of the molecule is [2H]C1([2H])CC[C@]([2H])(c2cc(F)ccc2F)N1c1ccn2ncc(NC(=O)N3CC[C@H](O)C3)c2n1. The van der Waals surface area contributed by atoms with Crippen molar-refractivity contribution < 1.29 is 22.8 Å². The number of amides is 2. The van der Waals surface area contributed by atoms with Crippen LogP contribution in [0, 0.1) is 11.6 Å². The average Bonchev–Trinajstić information content (AvgIpc) is 3.46. The highest BCUT2D eigenvalue weighted by Crippen LogP contribution is 2.37. The van der Waals surface area contributed by atoms with Crippen molar-refractivity contribution >= 4 is 23.2 Å². The lowest BCUT2D eigenvalue weighted by Crippen LogP contribution is -2.33. The highest BCUT2D eigenvalue weighted by atomic mass is 19.1. The molecule has 2 saturated heterocycles. The van der Waals surface area contributed by atoms with E-state index in [1.54, 1.807) is 0 Å². The summed E-state index contributed by atoms with van der Waals surface area (Å²) < 4.78 is 55.9. The second-order valence-electron chi connectivity index (χ2n) is 7.50. The topological polar surface area (TPSA) is 86.0 Å². The van der Waals surface area contributed by atoms with Gasteiger partial charge < -0.3 is 20.2 Å². The van der Waals surface area contributed by atoms with Crippen molar-refractivity contribution in [3.8, 4) is 0 Å². The van der Waals surface area contributed by atoms with Crippen LogP contribution in [-0.4, -0.2) is 56.3 Å². The number of benzene rings is 1. The fourth-order valence-corrected chi connectivity index (χ4v) is 3.88. The molecule has 2 aliphatic heterocycles. The molecule has 0 bridgehead atoms. The molecular weight excluding hydrogens is 406 g/mol. The number of likely N-dealkylation sites (tertiary alicyclic amines) is 1. The van der Waals surface area contributed by atoms with Crippen molar-refractivity contribution in [2.75, 3.05) is 29.8 Å². The maximum absolute atomic E-state index is 14.7. The summed E-state index contributed by atoms with van der Waals surface area (Å²) in [6, 6.07) is 1.82. The molecule has 10 heteroatoms. The number of hydrogen-bond acceptors (Lipinski definition) is 5. The van der Waals surface area contributed by atoms with E-state index in [0.717, 1.165) is 23.1 Å². The van der Waals surface area contributed by atoms with Crippen molar-refractivity contribution in [1.29, 1.82) is 0 Å². The smallest absolute Gasteiger partial charge is 0.322 e. The van der Waals surface area contributed by atoms with Crippen LogP contribution in [-0.2, 0) is 0 Å². The van der Waals surface area contributed by atoms with Gasteiger partial charge in [0.05, 0.1) is 19.7 Å². The second kappa shape index (κ2) is 7.77. The third-order valence-corrected chi connectivity index (χ3v) is 5.42. The Kier molecular flexibility index (Phi) is 4.12. The maximum atomic E-state index is 14.7. The third-order valence-electron chi connectivity index (χ3n) is 5.42. The number of urea groups is 1. The fraction of sp³-hybridized carbons (Fsp3) is 0.381. The van der Waals surface area contributed by atoms with Gasteiger partial charge in [-0.3, -0.25) is 0 Å². The van der Waals surface area contributed by atoms with E-state index in [4.69, 9.17) is 4.11 Å². The van der Waals surface area contributed by atoms with Crippen molar-refractivity contribution in [2.45, 2.75) is 31.4 Å². The molecule has 2 fully saturated rings. The standard InChI is InChI=1S/C21H22F2N6O2/c22-13-3-4-16(23)15(10-13)18-2-1-7-28(18)19-6-9-29-20(26-19)17(11-24-29)25-21(31)27-8-5-14(30)12-27/h3-4,6,9-11,14,18,30H,1-2,5,7-8,12H2,(H,25,31)/t14-,18+/m0/s1/i7D2,18D. The molecule has 0 spiro atoms. The number of aliphatic hydroxyl groups is 1. The first kappa shape index (κ1) is 16.4. The minimum Gasteiger partial charge on any atom is -0.391 e. The van der Waals surface area contributed by atoms with Crippen molar-refractivity contribution in [1.82, 2.24) is 19.5 Å². The maximum Gasteiger partial charge on any atom is 0.322 e. The summed E-state index contributed by atoms with van der Waals surface area (Å²) in [6.45, 7) is -1.46. The number of nitrogens with one attached hydrogen (secondary N) is 1.